The summed E-state index contributed by atoms with van der Waals surface area (Å²) >= 11 is 1.71. The van der Waals surface area contributed by atoms with Crippen LogP contribution in [0.2, 0.25) is 0 Å². The van der Waals surface area contributed by atoms with E-state index in [2.05, 4.69) is 16.4 Å². The second-order valence-corrected chi connectivity index (χ2v) is 8.66. The number of hydrogen-bond donors (Lipinski definition) is 0. The fraction of sp³-hybridized carbons (Fsp3) is 0.217. The summed E-state index contributed by atoms with van der Waals surface area (Å²) in [5, 5.41) is 2.32. The molecule has 7 nitrogen and oxygen atoms in total. The third-order valence-electron chi connectivity index (χ3n) is 5.88. The molecule has 156 valence electrons. The van der Waals surface area contributed by atoms with Crippen LogP contribution in [0, 0.1) is 0 Å². The van der Waals surface area contributed by atoms with Gasteiger partial charge in [-0.3, -0.25) is 18.7 Å². The minimum absolute atomic E-state index is 0.184. The van der Waals surface area contributed by atoms with E-state index in [1.165, 1.54) is 22.7 Å². The zero-order valence-electron chi connectivity index (χ0n) is 17.1. The van der Waals surface area contributed by atoms with E-state index in [9.17, 15) is 14.4 Å². The molecule has 0 aliphatic carbocycles. The van der Waals surface area contributed by atoms with Crippen molar-refractivity contribution >= 4 is 28.3 Å². The highest BCUT2D eigenvalue weighted by Gasteiger charge is 2.33. The summed E-state index contributed by atoms with van der Waals surface area (Å²) in [6.07, 6.45) is 2.24. The molecule has 1 aromatic carbocycles. The topological polar surface area (TPSA) is 77.2 Å². The number of pyridine rings is 1. The van der Waals surface area contributed by atoms with Crippen molar-refractivity contribution in [3.05, 3.63) is 96.4 Å². The first-order chi connectivity index (χ1) is 15.0. The second-order valence-electron chi connectivity index (χ2n) is 7.66. The summed E-state index contributed by atoms with van der Waals surface area (Å²) in [4.78, 5) is 45.9. The Balaban J connectivity index is 1.63. The third-order valence-corrected chi connectivity index (χ3v) is 6.88. The highest BCUT2D eigenvalue weighted by molar-refractivity contribution is 7.10. The Hall–Kier alpha value is -3.52. The van der Waals surface area contributed by atoms with Gasteiger partial charge in [0.2, 0.25) is 0 Å². The van der Waals surface area contributed by atoms with Crippen LogP contribution >= 0.6 is 11.3 Å². The van der Waals surface area contributed by atoms with E-state index in [-0.39, 0.29) is 23.0 Å². The summed E-state index contributed by atoms with van der Waals surface area (Å²) in [5.74, 6) is -0.184. The number of aromatic nitrogens is 3. The molecule has 5 rings (SSSR count). The van der Waals surface area contributed by atoms with Gasteiger partial charge in [-0.2, -0.15) is 0 Å². The van der Waals surface area contributed by atoms with Gasteiger partial charge < -0.3 is 4.90 Å². The third kappa shape index (κ3) is 3.02. The number of amides is 1. The standard InChI is InChI=1S/C23H20N4O3S/c1-25-20-17(22(29)26(2)23(25)30)12-15(13-24-20)21(28)27-10-8-18-16(9-11-31-18)19(27)14-6-4-3-5-7-14/h3-7,9,11-13,19H,8,10H2,1-2H3/t19-/m1/s1. The number of carbonyl (C=O) groups excluding carboxylic acids is 1. The number of rotatable bonds is 2. The molecule has 0 N–H and O–H groups in total. The molecule has 4 heterocycles. The van der Waals surface area contributed by atoms with Gasteiger partial charge in [-0.1, -0.05) is 30.3 Å². The minimum Gasteiger partial charge on any atom is -0.327 e. The number of fused-ring (bicyclic) bond motifs is 2. The Morgan fingerprint density at radius 1 is 1.10 bits per heavy atom. The van der Waals surface area contributed by atoms with E-state index in [1.54, 1.807) is 24.5 Å². The lowest BCUT2D eigenvalue weighted by atomic mass is 9.92. The predicted octanol–water partition coefficient (Wildman–Crippen LogP) is 2.48. The number of thiophene rings is 1. The van der Waals surface area contributed by atoms with Gasteiger partial charge in [0, 0.05) is 31.7 Å². The number of benzene rings is 1. The van der Waals surface area contributed by atoms with Crippen LogP contribution in [-0.4, -0.2) is 31.5 Å². The molecule has 0 fully saturated rings. The molecule has 1 aliphatic rings. The predicted molar refractivity (Wildman–Crippen MR) is 120 cm³/mol. The number of nitrogens with zero attached hydrogens (tertiary/aromatic N) is 4. The van der Waals surface area contributed by atoms with Crippen molar-refractivity contribution < 1.29 is 4.79 Å². The van der Waals surface area contributed by atoms with Gasteiger partial charge in [-0.15, -0.1) is 11.3 Å². The van der Waals surface area contributed by atoms with Crippen LogP contribution in [0.3, 0.4) is 0 Å². The Bertz CT molecular complexity index is 1430. The molecule has 8 heteroatoms. The van der Waals surface area contributed by atoms with Crippen LogP contribution in [0.25, 0.3) is 11.0 Å². The van der Waals surface area contributed by atoms with E-state index >= 15 is 0 Å². The fourth-order valence-corrected chi connectivity index (χ4v) is 5.18. The van der Waals surface area contributed by atoms with Crippen LogP contribution in [0.5, 0.6) is 0 Å². The Kier molecular flexibility index (Phi) is 4.59. The lowest BCUT2D eigenvalue weighted by Gasteiger charge is -2.36. The minimum atomic E-state index is -0.460. The quantitative estimate of drug-likeness (QED) is 0.488. The molecule has 3 aromatic heterocycles. The molecule has 1 atom stereocenters. The van der Waals surface area contributed by atoms with E-state index in [0.29, 0.717) is 12.1 Å². The van der Waals surface area contributed by atoms with Crippen molar-refractivity contribution in [2.45, 2.75) is 12.5 Å². The molecule has 1 amide bonds. The van der Waals surface area contributed by atoms with E-state index in [1.807, 2.05) is 35.2 Å². The molecular formula is C23H20N4O3S. The van der Waals surface area contributed by atoms with Crippen LogP contribution in [-0.2, 0) is 20.5 Å². The van der Waals surface area contributed by atoms with Gasteiger partial charge >= 0.3 is 5.69 Å². The molecule has 0 unspecified atom stereocenters. The largest absolute Gasteiger partial charge is 0.332 e. The smallest absolute Gasteiger partial charge is 0.327 e. The van der Waals surface area contributed by atoms with Gasteiger partial charge in [0.15, 0.2) is 0 Å². The van der Waals surface area contributed by atoms with Crippen molar-refractivity contribution in [1.82, 2.24) is 19.0 Å². The first kappa shape index (κ1) is 19.4. The van der Waals surface area contributed by atoms with Gasteiger partial charge in [-0.25, -0.2) is 9.78 Å². The van der Waals surface area contributed by atoms with Gasteiger partial charge in [0.25, 0.3) is 11.5 Å². The zero-order chi connectivity index (χ0) is 21.7. The lowest BCUT2D eigenvalue weighted by Crippen LogP contribution is -2.40. The summed E-state index contributed by atoms with van der Waals surface area (Å²) in [6, 6.07) is 13.4. The highest BCUT2D eigenvalue weighted by atomic mass is 32.1. The highest BCUT2D eigenvalue weighted by Crippen LogP contribution is 2.38. The molecule has 0 radical (unpaired) electrons. The van der Waals surface area contributed by atoms with Gasteiger partial charge in [-0.05, 0) is 35.1 Å². The molecule has 1 aliphatic heterocycles. The molecule has 0 saturated heterocycles. The van der Waals surface area contributed by atoms with Crippen LogP contribution < -0.4 is 11.2 Å². The van der Waals surface area contributed by atoms with Crippen molar-refractivity contribution in [3.8, 4) is 0 Å². The van der Waals surface area contributed by atoms with E-state index in [0.717, 1.165) is 22.1 Å². The number of hydrogen-bond acceptors (Lipinski definition) is 5. The Morgan fingerprint density at radius 3 is 2.65 bits per heavy atom. The Morgan fingerprint density at radius 2 is 1.87 bits per heavy atom. The molecule has 31 heavy (non-hydrogen) atoms. The van der Waals surface area contributed by atoms with Crippen molar-refractivity contribution in [2.75, 3.05) is 6.54 Å². The first-order valence-corrected chi connectivity index (χ1v) is 10.8. The van der Waals surface area contributed by atoms with Gasteiger partial charge in [0.1, 0.15) is 5.65 Å². The first-order valence-electron chi connectivity index (χ1n) is 9.95. The van der Waals surface area contributed by atoms with E-state index in [4.69, 9.17) is 0 Å². The average molecular weight is 433 g/mol. The van der Waals surface area contributed by atoms with Crippen molar-refractivity contribution in [3.63, 3.8) is 0 Å². The van der Waals surface area contributed by atoms with Crippen LogP contribution in [0.4, 0.5) is 0 Å². The molecular weight excluding hydrogens is 412 g/mol. The summed E-state index contributed by atoms with van der Waals surface area (Å²) < 4.78 is 2.35. The zero-order valence-corrected chi connectivity index (χ0v) is 17.9. The fourth-order valence-electron chi connectivity index (χ4n) is 4.28. The summed E-state index contributed by atoms with van der Waals surface area (Å²) in [5.41, 5.74) is 1.88. The summed E-state index contributed by atoms with van der Waals surface area (Å²) in [6.45, 7) is 0.579. The van der Waals surface area contributed by atoms with Crippen molar-refractivity contribution in [1.29, 1.82) is 0 Å². The lowest BCUT2D eigenvalue weighted by molar-refractivity contribution is 0.0696. The monoisotopic (exact) mass is 432 g/mol. The SMILES string of the molecule is Cn1c(=O)c2cc(C(=O)N3CCc4sccc4[C@H]3c3ccccc3)cnc2n(C)c1=O. The number of carbonyl (C=O) groups is 1. The molecule has 4 aromatic rings. The maximum Gasteiger partial charge on any atom is 0.332 e. The molecule has 0 saturated carbocycles. The summed E-state index contributed by atoms with van der Waals surface area (Å²) in [7, 11) is 2.99. The molecule has 0 spiro atoms. The van der Waals surface area contributed by atoms with E-state index < -0.39 is 11.2 Å². The number of aryl methyl sites for hydroxylation is 1. The normalized spacial score (nSPS) is 15.8. The van der Waals surface area contributed by atoms with Crippen LogP contribution in [0.1, 0.15) is 32.4 Å². The Labute approximate surface area is 181 Å². The average Bonchev–Trinajstić information content (AvgIpc) is 3.29. The van der Waals surface area contributed by atoms with Gasteiger partial charge in [0.05, 0.1) is 17.0 Å². The van der Waals surface area contributed by atoms with Crippen LogP contribution in [0.15, 0.2) is 63.6 Å². The van der Waals surface area contributed by atoms with Crippen molar-refractivity contribution in [2.24, 2.45) is 14.1 Å². The molecule has 0 bridgehead atoms. The maximum atomic E-state index is 13.6. The second kappa shape index (κ2) is 7.31. The maximum absolute atomic E-state index is 13.6.